The number of rotatable bonds is 6. The molecule has 0 aliphatic rings. The van der Waals surface area contributed by atoms with Crippen molar-refractivity contribution in [3.63, 3.8) is 0 Å². The first-order valence-corrected chi connectivity index (χ1v) is 8.35. The summed E-state index contributed by atoms with van der Waals surface area (Å²) in [5, 5.41) is 2.33. The molecule has 0 N–H and O–H groups in total. The summed E-state index contributed by atoms with van der Waals surface area (Å²) in [5.74, 6) is -2.01. The van der Waals surface area contributed by atoms with E-state index in [4.69, 9.17) is 10.3 Å². The van der Waals surface area contributed by atoms with E-state index in [1.54, 1.807) is 6.92 Å². The van der Waals surface area contributed by atoms with Gasteiger partial charge in [0, 0.05) is 14.3 Å². The predicted octanol–water partition coefficient (Wildman–Crippen LogP) is 4.72. The van der Waals surface area contributed by atoms with Crippen molar-refractivity contribution >= 4 is 39.6 Å². The van der Waals surface area contributed by atoms with Crippen molar-refractivity contribution in [1.82, 2.24) is 0 Å². The third kappa shape index (κ3) is 5.85. The van der Waals surface area contributed by atoms with Gasteiger partial charge in [0.1, 0.15) is 11.1 Å². The van der Waals surface area contributed by atoms with Gasteiger partial charge in [0.15, 0.2) is 0 Å². The first-order valence-electron chi connectivity index (χ1n) is 6.68. The van der Waals surface area contributed by atoms with Crippen LogP contribution in [0.25, 0.3) is 10.4 Å². The third-order valence-corrected chi connectivity index (χ3v) is 4.64. The SMILES string of the molecule is CC(C)COC(=O)C(C)Sc1cc(C(=O)N=[N+]=[N-])c(F)cc1Br. The molecule has 124 valence electrons. The highest BCUT2D eigenvalue weighted by molar-refractivity contribution is 9.10. The number of halogens is 2. The maximum atomic E-state index is 13.8. The van der Waals surface area contributed by atoms with Crippen LogP contribution < -0.4 is 0 Å². The van der Waals surface area contributed by atoms with Crippen molar-refractivity contribution in [2.24, 2.45) is 11.0 Å². The van der Waals surface area contributed by atoms with Crippen molar-refractivity contribution in [2.75, 3.05) is 6.61 Å². The molecule has 0 saturated carbocycles. The molecule has 0 radical (unpaired) electrons. The minimum atomic E-state index is -1.02. The molecule has 1 aromatic rings. The number of amides is 1. The Morgan fingerprint density at radius 2 is 2.09 bits per heavy atom. The Kier molecular flexibility index (Phi) is 7.54. The molecule has 1 unspecified atom stereocenters. The van der Waals surface area contributed by atoms with E-state index in [1.807, 2.05) is 13.8 Å². The molecule has 0 bridgehead atoms. The van der Waals surface area contributed by atoms with E-state index in [9.17, 15) is 14.0 Å². The van der Waals surface area contributed by atoms with Gasteiger partial charge in [-0.05, 0) is 51.5 Å². The number of carbonyl (C=O) groups excluding carboxylic acids is 2. The minimum Gasteiger partial charge on any atom is -0.465 e. The Morgan fingerprint density at radius 1 is 1.43 bits per heavy atom. The molecule has 0 aliphatic carbocycles. The van der Waals surface area contributed by atoms with E-state index in [1.165, 1.54) is 6.07 Å². The molecule has 0 saturated heterocycles. The molecule has 0 aliphatic heterocycles. The molecule has 6 nitrogen and oxygen atoms in total. The van der Waals surface area contributed by atoms with Gasteiger partial charge in [-0.15, -0.1) is 11.8 Å². The summed E-state index contributed by atoms with van der Waals surface area (Å²) in [4.78, 5) is 26.3. The number of esters is 1. The third-order valence-electron chi connectivity index (χ3n) is 2.58. The molecule has 0 aromatic heterocycles. The summed E-state index contributed by atoms with van der Waals surface area (Å²) in [6.45, 7) is 5.82. The molecule has 9 heteroatoms. The number of hydrogen-bond acceptors (Lipinski definition) is 4. The molecular weight excluding hydrogens is 389 g/mol. The Bertz CT molecular complexity index is 663. The lowest BCUT2D eigenvalue weighted by Gasteiger charge is -2.14. The topological polar surface area (TPSA) is 92.1 Å². The number of hydrogen-bond donors (Lipinski definition) is 0. The van der Waals surface area contributed by atoms with E-state index in [0.717, 1.165) is 17.8 Å². The maximum absolute atomic E-state index is 13.8. The molecule has 0 fully saturated rings. The van der Waals surface area contributed by atoms with E-state index in [-0.39, 0.29) is 11.5 Å². The Balaban J connectivity index is 2.95. The van der Waals surface area contributed by atoms with E-state index in [2.05, 4.69) is 26.0 Å². The Morgan fingerprint density at radius 3 is 2.65 bits per heavy atom. The van der Waals surface area contributed by atoms with Gasteiger partial charge in [0.2, 0.25) is 0 Å². The first-order chi connectivity index (χ1) is 10.8. The van der Waals surface area contributed by atoms with Crippen molar-refractivity contribution in [1.29, 1.82) is 0 Å². The number of ether oxygens (including phenoxy) is 1. The van der Waals surface area contributed by atoms with Gasteiger partial charge in [0.05, 0.1) is 12.2 Å². The van der Waals surface area contributed by atoms with Gasteiger partial charge in [0.25, 0.3) is 5.91 Å². The quantitative estimate of drug-likeness (QED) is 0.226. The van der Waals surface area contributed by atoms with Crippen LogP contribution in [0.2, 0.25) is 0 Å². The zero-order chi connectivity index (χ0) is 17.6. The standard InChI is InChI=1S/C14H15BrFN3O3S/c1-7(2)6-22-14(21)8(3)23-12-4-9(13(20)18-19-17)11(16)5-10(12)15/h4-5,7-8H,6H2,1-3H3. The van der Waals surface area contributed by atoms with Gasteiger partial charge in [-0.3, -0.25) is 9.59 Å². The van der Waals surface area contributed by atoms with E-state index >= 15 is 0 Å². The fourth-order valence-electron chi connectivity index (χ4n) is 1.48. The number of azide groups is 1. The molecule has 1 atom stereocenters. The van der Waals surface area contributed by atoms with Crippen molar-refractivity contribution < 1.29 is 18.7 Å². The first kappa shape index (κ1) is 19.5. The number of thioether (sulfide) groups is 1. The second-order valence-electron chi connectivity index (χ2n) is 5.04. The average molecular weight is 404 g/mol. The predicted molar refractivity (Wildman–Crippen MR) is 88.7 cm³/mol. The zero-order valence-electron chi connectivity index (χ0n) is 12.7. The monoisotopic (exact) mass is 403 g/mol. The summed E-state index contributed by atoms with van der Waals surface area (Å²) >= 11 is 4.29. The second kappa shape index (κ2) is 8.90. The van der Waals surface area contributed by atoms with Gasteiger partial charge in [-0.25, -0.2) is 4.39 Å². The van der Waals surface area contributed by atoms with Crippen LogP contribution >= 0.6 is 27.7 Å². The largest absolute Gasteiger partial charge is 0.465 e. The molecule has 1 aromatic carbocycles. The minimum absolute atomic E-state index is 0.224. The second-order valence-corrected chi connectivity index (χ2v) is 7.28. The van der Waals surface area contributed by atoms with Crippen LogP contribution in [0.4, 0.5) is 4.39 Å². The van der Waals surface area contributed by atoms with Crippen LogP contribution in [0.3, 0.4) is 0 Å². The molecule has 23 heavy (non-hydrogen) atoms. The highest BCUT2D eigenvalue weighted by Gasteiger charge is 2.20. The lowest BCUT2D eigenvalue weighted by molar-refractivity contribution is -0.143. The van der Waals surface area contributed by atoms with Crippen LogP contribution in [0.5, 0.6) is 0 Å². The highest BCUT2D eigenvalue weighted by atomic mass is 79.9. The van der Waals surface area contributed by atoms with Gasteiger partial charge in [-0.2, -0.15) is 0 Å². The lowest BCUT2D eigenvalue weighted by atomic mass is 10.2. The van der Waals surface area contributed by atoms with Gasteiger partial charge in [-0.1, -0.05) is 13.8 Å². The number of carbonyl (C=O) groups is 2. The number of benzene rings is 1. The fourth-order valence-corrected chi connectivity index (χ4v) is 2.98. The van der Waals surface area contributed by atoms with Crippen LogP contribution in [-0.4, -0.2) is 23.7 Å². The summed E-state index contributed by atoms with van der Waals surface area (Å²) in [6.07, 6.45) is 0. The summed E-state index contributed by atoms with van der Waals surface area (Å²) in [6, 6.07) is 2.34. The van der Waals surface area contributed by atoms with Crippen LogP contribution in [-0.2, 0) is 9.53 Å². The normalized spacial score (nSPS) is 11.7. The highest BCUT2D eigenvalue weighted by Crippen LogP contribution is 2.33. The van der Waals surface area contributed by atoms with Crippen molar-refractivity contribution in [3.8, 4) is 0 Å². The summed E-state index contributed by atoms with van der Waals surface area (Å²) in [7, 11) is 0. The average Bonchev–Trinajstić information content (AvgIpc) is 2.47. The van der Waals surface area contributed by atoms with Crippen LogP contribution in [0.15, 0.2) is 26.6 Å². The lowest BCUT2D eigenvalue weighted by Crippen LogP contribution is -2.19. The smallest absolute Gasteiger partial charge is 0.319 e. The number of nitrogens with zero attached hydrogens (tertiary/aromatic N) is 3. The maximum Gasteiger partial charge on any atom is 0.319 e. The Hall–Kier alpha value is -1.57. The van der Waals surface area contributed by atoms with Crippen LogP contribution in [0.1, 0.15) is 31.1 Å². The fraction of sp³-hybridized carbons (Fsp3) is 0.429. The molecule has 1 rings (SSSR count). The van der Waals surface area contributed by atoms with E-state index in [0.29, 0.717) is 16.0 Å². The van der Waals surface area contributed by atoms with Gasteiger partial charge < -0.3 is 4.74 Å². The van der Waals surface area contributed by atoms with E-state index < -0.39 is 22.9 Å². The van der Waals surface area contributed by atoms with Crippen molar-refractivity contribution in [2.45, 2.75) is 30.9 Å². The Labute approximate surface area is 145 Å². The summed E-state index contributed by atoms with van der Waals surface area (Å²) < 4.78 is 19.3. The molecule has 0 spiro atoms. The molecule has 0 heterocycles. The van der Waals surface area contributed by atoms with Gasteiger partial charge >= 0.3 is 5.97 Å². The zero-order valence-corrected chi connectivity index (χ0v) is 15.1. The summed E-state index contributed by atoms with van der Waals surface area (Å²) in [5.41, 5.74) is 7.92. The van der Waals surface area contributed by atoms with Crippen LogP contribution in [0, 0.1) is 11.7 Å². The molecule has 1 amide bonds. The molecular formula is C14H15BrFN3O3S. The van der Waals surface area contributed by atoms with Crippen molar-refractivity contribution in [3.05, 3.63) is 38.4 Å².